The molecule has 0 radical (unpaired) electrons. The Bertz CT molecular complexity index is 1250. The highest BCUT2D eigenvalue weighted by atomic mass is 32.1. The van der Waals surface area contributed by atoms with Gasteiger partial charge in [-0.1, -0.05) is 79.9 Å². The molecule has 0 saturated heterocycles. The highest BCUT2D eigenvalue weighted by Crippen LogP contribution is 2.32. The quantitative estimate of drug-likeness (QED) is 0.343. The van der Waals surface area contributed by atoms with E-state index < -0.39 is 0 Å². The lowest BCUT2D eigenvalue weighted by Gasteiger charge is -2.28. The second-order valence-corrected chi connectivity index (χ2v) is 11.5. The van der Waals surface area contributed by atoms with Gasteiger partial charge in [-0.25, -0.2) is 4.98 Å². The molecule has 7 nitrogen and oxygen atoms in total. The molecule has 1 heterocycles. The summed E-state index contributed by atoms with van der Waals surface area (Å²) < 4.78 is 0. The first-order valence-electron chi connectivity index (χ1n) is 14.0. The molecule has 3 amide bonds. The fourth-order valence-corrected chi connectivity index (χ4v) is 6.04. The van der Waals surface area contributed by atoms with Crippen LogP contribution in [0.25, 0.3) is 0 Å². The third-order valence-electron chi connectivity index (χ3n) is 7.50. The largest absolute Gasteiger partial charge is 0.349 e. The van der Waals surface area contributed by atoms with Gasteiger partial charge in [0, 0.05) is 17.3 Å². The highest BCUT2D eigenvalue weighted by Gasteiger charge is 2.37. The molecule has 2 saturated carbocycles. The summed E-state index contributed by atoms with van der Waals surface area (Å²) in [6, 6.07) is 20.1. The summed E-state index contributed by atoms with van der Waals surface area (Å²) in [6.07, 6.45) is 7.98. The van der Waals surface area contributed by atoms with Crippen LogP contribution in [0.4, 0.5) is 5.13 Å². The first kappa shape index (κ1) is 27.1. The molecule has 204 valence electrons. The zero-order valence-electron chi connectivity index (χ0n) is 22.2. The number of carbonyl (C=O) groups excluding carboxylic acids is 3. The molecule has 2 aromatic carbocycles. The summed E-state index contributed by atoms with van der Waals surface area (Å²) in [7, 11) is 0. The lowest BCUT2D eigenvalue weighted by Crippen LogP contribution is -2.43. The Hall–Kier alpha value is -3.52. The second kappa shape index (κ2) is 13.0. The zero-order chi connectivity index (χ0) is 27.0. The lowest BCUT2D eigenvalue weighted by atomic mass is 9.88. The van der Waals surface area contributed by atoms with Crippen molar-refractivity contribution in [3.05, 3.63) is 82.9 Å². The minimum Gasteiger partial charge on any atom is -0.349 e. The molecule has 1 atom stereocenters. The fraction of sp³-hybridized carbons (Fsp3) is 0.419. The number of rotatable bonds is 11. The van der Waals surface area contributed by atoms with E-state index in [0.717, 1.165) is 49.7 Å². The van der Waals surface area contributed by atoms with Crippen molar-refractivity contribution in [3.63, 3.8) is 0 Å². The zero-order valence-corrected chi connectivity index (χ0v) is 23.0. The number of nitrogens with one attached hydrogen (secondary N) is 2. The summed E-state index contributed by atoms with van der Waals surface area (Å²) in [5.74, 6) is -0.171. The maximum atomic E-state index is 13.1. The minimum atomic E-state index is -0.233. The van der Waals surface area contributed by atoms with E-state index in [1.54, 1.807) is 10.3 Å². The Morgan fingerprint density at radius 2 is 1.59 bits per heavy atom. The molecular formula is C31H36N4O3S. The topological polar surface area (TPSA) is 91.4 Å². The van der Waals surface area contributed by atoms with E-state index >= 15 is 0 Å². The Labute approximate surface area is 234 Å². The maximum Gasteiger partial charge on any atom is 0.245 e. The molecule has 2 aliphatic rings. The van der Waals surface area contributed by atoms with Gasteiger partial charge in [-0.3, -0.25) is 14.4 Å². The molecule has 8 heteroatoms. The number of hydrogen-bond donors (Lipinski definition) is 2. The van der Waals surface area contributed by atoms with Gasteiger partial charge in [0.25, 0.3) is 0 Å². The molecule has 2 aliphatic carbocycles. The molecule has 1 unspecified atom stereocenters. The maximum absolute atomic E-state index is 13.1. The van der Waals surface area contributed by atoms with Crippen LogP contribution in [0, 0.1) is 5.92 Å². The van der Waals surface area contributed by atoms with Gasteiger partial charge in [0.1, 0.15) is 6.54 Å². The van der Waals surface area contributed by atoms with Crippen LogP contribution >= 0.6 is 11.3 Å². The van der Waals surface area contributed by atoms with Gasteiger partial charge in [-0.15, -0.1) is 11.3 Å². The smallest absolute Gasteiger partial charge is 0.245 e. The van der Waals surface area contributed by atoms with E-state index in [9.17, 15) is 14.4 Å². The summed E-state index contributed by atoms with van der Waals surface area (Å²) in [5.41, 5.74) is 2.80. The third-order valence-corrected chi connectivity index (χ3v) is 8.31. The van der Waals surface area contributed by atoms with Gasteiger partial charge in [-0.05, 0) is 43.2 Å². The predicted molar refractivity (Wildman–Crippen MR) is 153 cm³/mol. The molecule has 2 fully saturated rings. The second-order valence-electron chi connectivity index (χ2n) is 10.6. The first-order chi connectivity index (χ1) is 19.0. The van der Waals surface area contributed by atoms with Gasteiger partial charge in [0.2, 0.25) is 17.7 Å². The van der Waals surface area contributed by atoms with Crippen LogP contribution in [0.15, 0.2) is 66.0 Å². The van der Waals surface area contributed by atoms with Gasteiger partial charge in [0.15, 0.2) is 5.13 Å². The number of amides is 3. The van der Waals surface area contributed by atoms with E-state index in [-0.39, 0.29) is 48.7 Å². The molecular weight excluding hydrogens is 508 g/mol. The Kier molecular flexibility index (Phi) is 9.04. The summed E-state index contributed by atoms with van der Waals surface area (Å²) >= 11 is 1.30. The van der Waals surface area contributed by atoms with E-state index in [0.29, 0.717) is 17.2 Å². The number of nitrogens with zero attached hydrogens (tertiary/aromatic N) is 2. The van der Waals surface area contributed by atoms with Crippen molar-refractivity contribution in [2.75, 3.05) is 11.9 Å². The van der Waals surface area contributed by atoms with Gasteiger partial charge < -0.3 is 15.5 Å². The number of benzene rings is 2. The lowest BCUT2D eigenvalue weighted by molar-refractivity contribution is -0.139. The molecule has 2 N–H and O–H groups in total. The number of anilines is 1. The molecule has 5 rings (SSSR count). The van der Waals surface area contributed by atoms with Crippen molar-refractivity contribution in [2.45, 2.75) is 69.9 Å². The van der Waals surface area contributed by atoms with E-state index in [1.807, 2.05) is 48.5 Å². The molecule has 3 aromatic rings. The van der Waals surface area contributed by atoms with Crippen molar-refractivity contribution >= 4 is 34.2 Å². The Balaban J connectivity index is 1.15. The predicted octanol–water partition coefficient (Wildman–Crippen LogP) is 5.30. The van der Waals surface area contributed by atoms with Crippen molar-refractivity contribution in [2.24, 2.45) is 5.92 Å². The fourth-order valence-electron chi connectivity index (χ4n) is 5.31. The van der Waals surface area contributed by atoms with Crippen molar-refractivity contribution in [1.82, 2.24) is 15.2 Å². The number of carbonyl (C=O) groups is 3. The molecule has 1 aromatic heterocycles. The Morgan fingerprint density at radius 3 is 2.28 bits per heavy atom. The van der Waals surface area contributed by atoms with Gasteiger partial charge in [0.05, 0.1) is 18.2 Å². The van der Waals surface area contributed by atoms with E-state index in [1.165, 1.54) is 17.8 Å². The summed E-state index contributed by atoms with van der Waals surface area (Å²) in [4.78, 5) is 45.2. The standard InChI is InChI=1S/C31H36N4O3S/c36-28(33-27(23-12-6-2-7-13-23)18-22-10-4-1-5-11-22)19-25-21-39-31(32-25)34-29(37)20-35(26-16-17-26)30(38)24-14-8-3-9-15-24/h1-2,4-7,10-13,21,24,26-27H,3,8-9,14-20H2,(H,33,36)(H,32,34,37). The molecule has 39 heavy (non-hydrogen) atoms. The van der Waals surface area contributed by atoms with Crippen LogP contribution in [0.3, 0.4) is 0 Å². The highest BCUT2D eigenvalue weighted by molar-refractivity contribution is 7.13. The SMILES string of the molecule is O=C(CN(C(=O)C1CCCCC1)C1CC1)Nc1nc(CC(=O)NC(Cc2ccccc2)c2ccccc2)cs1. The van der Waals surface area contributed by atoms with Crippen LogP contribution in [0.5, 0.6) is 0 Å². The van der Waals surface area contributed by atoms with Crippen molar-refractivity contribution in [1.29, 1.82) is 0 Å². The molecule has 0 bridgehead atoms. The number of hydrogen-bond acceptors (Lipinski definition) is 5. The molecule has 0 aliphatic heterocycles. The average molecular weight is 545 g/mol. The van der Waals surface area contributed by atoms with Crippen LogP contribution in [0.1, 0.15) is 67.8 Å². The van der Waals surface area contributed by atoms with Crippen molar-refractivity contribution in [3.8, 4) is 0 Å². The van der Waals surface area contributed by atoms with E-state index in [2.05, 4.69) is 27.8 Å². The summed E-state index contributed by atoms with van der Waals surface area (Å²) in [5, 5.41) is 8.27. The first-order valence-corrected chi connectivity index (χ1v) is 14.9. The van der Waals surface area contributed by atoms with Crippen molar-refractivity contribution < 1.29 is 14.4 Å². The number of aromatic nitrogens is 1. The van der Waals surface area contributed by atoms with Gasteiger partial charge in [-0.2, -0.15) is 0 Å². The van der Waals surface area contributed by atoms with Gasteiger partial charge >= 0.3 is 0 Å². The number of thiazole rings is 1. The third kappa shape index (κ3) is 7.76. The minimum absolute atomic E-state index is 0.0544. The summed E-state index contributed by atoms with van der Waals surface area (Å²) in [6.45, 7) is 0.0631. The van der Waals surface area contributed by atoms with E-state index in [4.69, 9.17) is 0 Å². The average Bonchev–Trinajstić information content (AvgIpc) is 3.72. The normalized spacial score (nSPS) is 16.3. The monoisotopic (exact) mass is 544 g/mol. The Morgan fingerprint density at radius 1 is 0.897 bits per heavy atom. The van der Waals surface area contributed by atoms with Crippen LogP contribution in [-0.4, -0.2) is 40.2 Å². The molecule has 0 spiro atoms. The van der Waals surface area contributed by atoms with Crippen LogP contribution < -0.4 is 10.6 Å². The van der Waals surface area contributed by atoms with Crippen LogP contribution in [-0.2, 0) is 27.2 Å². The van der Waals surface area contributed by atoms with Crippen LogP contribution in [0.2, 0.25) is 0 Å².